The number of benzene rings is 2. The minimum absolute atomic E-state index is 0.00289. The first-order valence-electron chi connectivity index (χ1n) is 8.46. The molecule has 24 heavy (non-hydrogen) atoms. The fourth-order valence-corrected chi connectivity index (χ4v) is 3.17. The Bertz CT molecular complexity index is 657. The first-order chi connectivity index (χ1) is 11.7. The van der Waals surface area contributed by atoms with Crippen LogP contribution < -0.4 is 5.32 Å². The second kappa shape index (κ2) is 8.06. The molecule has 1 atom stereocenters. The predicted octanol–water partition coefficient (Wildman–Crippen LogP) is 3.01. The van der Waals surface area contributed by atoms with Crippen LogP contribution in [0.1, 0.15) is 17.5 Å². The lowest BCUT2D eigenvalue weighted by molar-refractivity contribution is -0.120. The maximum atomic E-state index is 12.9. The van der Waals surface area contributed by atoms with Crippen molar-refractivity contribution in [2.75, 3.05) is 19.6 Å². The van der Waals surface area contributed by atoms with Crippen molar-refractivity contribution in [1.82, 2.24) is 10.2 Å². The van der Waals surface area contributed by atoms with Crippen molar-refractivity contribution in [2.45, 2.75) is 19.4 Å². The molecule has 1 saturated heterocycles. The highest BCUT2D eigenvalue weighted by Crippen LogP contribution is 2.18. The summed E-state index contributed by atoms with van der Waals surface area (Å²) in [7, 11) is 0. The van der Waals surface area contributed by atoms with E-state index in [-0.39, 0.29) is 11.7 Å². The lowest BCUT2D eigenvalue weighted by Gasteiger charge is -2.16. The van der Waals surface area contributed by atoms with E-state index in [9.17, 15) is 9.18 Å². The van der Waals surface area contributed by atoms with Gasteiger partial charge in [-0.3, -0.25) is 9.69 Å². The number of halogens is 1. The molecule has 0 unspecified atom stereocenters. The lowest BCUT2D eigenvalue weighted by atomic mass is 10.1. The van der Waals surface area contributed by atoms with Crippen molar-refractivity contribution in [3.05, 3.63) is 71.5 Å². The summed E-state index contributed by atoms with van der Waals surface area (Å²) in [5.74, 6) is 0.234. The molecule has 2 aromatic carbocycles. The number of carbonyl (C=O) groups excluding carboxylic acids is 1. The molecule has 126 valence electrons. The van der Waals surface area contributed by atoms with Gasteiger partial charge in [0, 0.05) is 19.6 Å². The van der Waals surface area contributed by atoms with Crippen molar-refractivity contribution < 1.29 is 9.18 Å². The molecule has 1 N–H and O–H groups in total. The van der Waals surface area contributed by atoms with Crippen LogP contribution in [-0.2, 0) is 17.8 Å². The van der Waals surface area contributed by atoms with E-state index < -0.39 is 0 Å². The van der Waals surface area contributed by atoms with Gasteiger partial charge in [-0.25, -0.2) is 4.39 Å². The van der Waals surface area contributed by atoms with Gasteiger partial charge >= 0.3 is 0 Å². The molecule has 1 aliphatic heterocycles. The van der Waals surface area contributed by atoms with E-state index in [1.54, 1.807) is 12.1 Å². The van der Waals surface area contributed by atoms with E-state index in [4.69, 9.17) is 0 Å². The number of carbonyl (C=O) groups is 1. The highest BCUT2D eigenvalue weighted by atomic mass is 19.1. The highest BCUT2D eigenvalue weighted by Gasteiger charge is 2.22. The second-order valence-electron chi connectivity index (χ2n) is 6.48. The zero-order chi connectivity index (χ0) is 16.8. The number of amides is 1. The first kappa shape index (κ1) is 16.7. The van der Waals surface area contributed by atoms with Gasteiger partial charge in [0.1, 0.15) is 5.82 Å². The first-order valence-corrected chi connectivity index (χ1v) is 8.46. The second-order valence-corrected chi connectivity index (χ2v) is 6.48. The number of nitrogens with one attached hydrogen (secondary N) is 1. The van der Waals surface area contributed by atoms with E-state index in [1.165, 1.54) is 17.7 Å². The van der Waals surface area contributed by atoms with Crippen molar-refractivity contribution >= 4 is 5.91 Å². The summed E-state index contributed by atoms with van der Waals surface area (Å²) in [4.78, 5) is 14.4. The van der Waals surface area contributed by atoms with Crippen LogP contribution in [0.2, 0.25) is 0 Å². The fraction of sp³-hybridized carbons (Fsp3) is 0.350. The van der Waals surface area contributed by atoms with Gasteiger partial charge in [0.15, 0.2) is 0 Å². The number of rotatable bonds is 6. The number of nitrogens with zero attached hydrogens (tertiary/aromatic N) is 1. The third-order valence-corrected chi connectivity index (χ3v) is 4.48. The van der Waals surface area contributed by atoms with Crippen LogP contribution in [0.5, 0.6) is 0 Å². The van der Waals surface area contributed by atoms with Crippen LogP contribution in [-0.4, -0.2) is 30.4 Å². The molecule has 3 rings (SSSR count). The monoisotopic (exact) mass is 326 g/mol. The molecule has 1 aliphatic rings. The summed E-state index contributed by atoms with van der Waals surface area (Å²) >= 11 is 0. The van der Waals surface area contributed by atoms with Crippen molar-refractivity contribution in [3.8, 4) is 0 Å². The molecule has 0 spiro atoms. The molecular formula is C20H23FN2O. The lowest BCUT2D eigenvalue weighted by Crippen LogP contribution is -2.31. The summed E-state index contributed by atoms with van der Waals surface area (Å²) in [6, 6.07) is 16.6. The number of hydrogen-bond acceptors (Lipinski definition) is 2. The average Bonchev–Trinajstić information content (AvgIpc) is 3.03. The van der Waals surface area contributed by atoms with Gasteiger partial charge in [-0.2, -0.15) is 0 Å². The van der Waals surface area contributed by atoms with Crippen LogP contribution in [0, 0.1) is 11.7 Å². The van der Waals surface area contributed by atoms with E-state index in [0.717, 1.165) is 31.6 Å². The minimum Gasteiger partial charge on any atom is -0.355 e. The molecule has 2 aromatic rings. The predicted molar refractivity (Wildman–Crippen MR) is 92.9 cm³/mol. The van der Waals surface area contributed by atoms with Crippen molar-refractivity contribution in [1.29, 1.82) is 0 Å². The largest absolute Gasteiger partial charge is 0.355 e. The zero-order valence-corrected chi connectivity index (χ0v) is 13.7. The molecule has 3 nitrogen and oxygen atoms in total. The van der Waals surface area contributed by atoms with E-state index in [0.29, 0.717) is 18.9 Å². The maximum Gasteiger partial charge on any atom is 0.224 e. The van der Waals surface area contributed by atoms with Crippen LogP contribution in [0.15, 0.2) is 54.6 Å². The van der Waals surface area contributed by atoms with Gasteiger partial charge in [0.2, 0.25) is 5.91 Å². The Morgan fingerprint density at radius 2 is 1.83 bits per heavy atom. The minimum atomic E-state index is -0.274. The van der Waals surface area contributed by atoms with Gasteiger partial charge < -0.3 is 5.32 Å². The quantitative estimate of drug-likeness (QED) is 0.885. The highest BCUT2D eigenvalue weighted by molar-refractivity contribution is 5.78. The fourth-order valence-electron chi connectivity index (χ4n) is 3.17. The van der Waals surface area contributed by atoms with E-state index in [1.807, 2.05) is 6.07 Å². The Kier molecular flexibility index (Phi) is 5.59. The van der Waals surface area contributed by atoms with Gasteiger partial charge in [-0.05, 0) is 42.1 Å². The third kappa shape index (κ3) is 4.90. The van der Waals surface area contributed by atoms with Gasteiger partial charge in [0.25, 0.3) is 0 Å². The molecule has 1 heterocycles. The average molecular weight is 326 g/mol. The van der Waals surface area contributed by atoms with Gasteiger partial charge in [-0.15, -0.1) is 0 Å². The summed E-state index contributed by atoms with van der Waals surface area (Å²) in [5, 5.41) is 3.01. The summed E-state index contributed by atoms with van der Waals surface area (Å²) in [5.41, 5.74) is 2.17. The summed E-state index contributed by atoms with van der Waals surface area (Å²) in [6.07, 6.45) is 1.42. The molecular weight excluding hydrogens is 303 g/mol. The van der Waals surface area contributed by atoms with E-state index >= 15 is 0 Å². The van der Waals surface area contributed by atoms with Gasteiger partial charge in [-0.1, -0.05) is 42.5 Å². The molecule has 1 fully saturated rings. The molecule has 0 aromatic heterocycles. The molecule has 1 amide bonds. The van der Waals surface area contributed by atoms with Crippen molar-refractivity contribution in [3.63, 3.8) is 0 Å². The smallest absolute Gasteiger partial charge is 0.224 e. The molecule has 0 saturated carbocycles. The zero-order valence-electron chi connectivity index (χ0n) is 13.7. The maximum absolute atomic E-state index is 12.9. The third-order valence-electron chi connectivity index (χ3n) is 4.48. The Labute approximate surface area is 142 Å². The molecule has 0 aliphatic carbocycles. The Morgan fingerprint density at radius 3 is 2.58 bits per heavy atom. The van der Waals surface area contributed by atoms with Crippen molar-refractivity contribution in [2.24, 2.45) is 5.92 Å². The summed E-state index contributed by atoms with van der Waals surface area (Å²) < 4.78 is 12.9. The Morgan fingerprint density at radius 1 is 1.08 bits per heavy atom. The van der Waals surface area contributed by atoms with Crippen LogP contribution in [0.25, 0.3) is 0 Å². The van der Waals surface area contributed by atoms with Crippen LogP contribution in [0.4, 0.5) is 4.39 Å². The number of likely N-dealkylation sites (tertiary alicyclic amines) is 1. The topological polar surface area (TPSA) is 32.3 Å². The van der Waals surface area contributed by atoms with Crippen LogP contribution in [0.3, 0.4) is 0 Å². The number of hydrogen-bond donors (Lipinski definition) is 1. The molecule has 4 heteroatoms. The Hall–Kier alpha value is -2.20. The van der Waals surface area contributed by atoms with Gasteiger partial charge in [0.05, 0.1) is 6.42 Å². The SMILES string of the molecule is O=C(Cc1ccc(F)cc1)NC[C@@H]1CCN(Cc2ccccc2)C1. The standard InChI is InChI=1S/C20H23FN2O/c21-19-8-6-16(7-9-19)12-20(24)22-13-18-10-11-23(15-18)14-17-4-2-1-3-5-17/h1-9,18H,10-15H2,(H,22,24)/t18-/m0/s1. The van der Waals surface area contributed by atoms with Crippen LogP contribution >= 0.6 is 0 Å². The normalized spacial score (nSPS) is 17.8. The van der Waals surface area contributed by atoms with E-state index in [2.05, 4.69) is 34.5 Å². The summed E-state index contributed by atoms with van der Waals surface area (Å²) in [6.45, 7) is 3.78. The molecule has 0 bridgehead atoms. The Balaban J connectivity index is 1.39. The molecule has 0 radical (unpaired) electrons.